The first kappa shape index (κ1) is 21.7. The van der Waals surface area contributed by atoms with E-state index in [0.717, 1.165) is 29.5 Å². The van der Waals surface area contributed by atoms with Gasteiger partial charge in [-0.2, -0.15) is 13.2 Å². The Morgan fingerprint density at radius 3 is 2.47 bits per heavy atom. The van der Waals surface area contributed by atoms with Gasteiger partial charge in [0.05, 0.1) is 10.8 Å². The Kier molecular flexibility index (Phi) is 6.66. The number of imide groups is 1. The van der Waals surface area contributed by atoms with E-state index in [0.29, 0.717) is 12.2 Å². The molecule has 0 aromatic heterocycles. The lowest BCUT2D eigenvalue weighted by Gasteiger charge is -2.18. The molecule has 10 heteroatoms. The van der Waals surface area contributed by atoms with Crippen LogP contribution in [-0.2, 0) is 26.9 Å². The molecular weight excluding hydrogens is 423 g/mol. The largest absolute Gasteiger partial charge is 0.489 e. The quantitative estimate of drug-likeness (QED) is 0.629. The number of hydrogen-bond acceptors (Lipinski definition) is 6. The molecule has 0 saturated carbocycles. The maximum atomic E-state index is 12.9. The number of hydrogen-bond donors (Lipinski definition) is 1. The summed E-state index contributed by atoms with van der Waals surface area (Å²) in [6.07, 6.45) is -5.17. The zero-order chi connectivity index (χ0) is 21.7. The zero-order valence-electron chi connectivity index (χ0n) is 15.3. The summed E-state index contributed by atoms with van der Waals surface area (Å²) >= 11 is 0.932. The van der Waals surface area contributed by atoms with Gasteiger partial charge in [-0.25, -0.2) is 0 Å². The second-order valence-electron chi connectivity index (χ2n) is 6.39. The van der Waals surface area contributed by atoms with Crippen LogP contribution in [0.25, 0.3) is 0 Å². The van der Waals surface area contributed by atoms with Crippen LogP contribution in [0.5, 0.6) is 5.75 Å². The second kappa shape index (κ2) is 9.21. The van der Waals surface area contributed by atoms with Crippen LogP contribution in [0.3, 0.4) is 0 Å². The monoisotopic (exact) mass is 439 g/mol. The van der Waals surface area contributed by atoms with Crippen molar-refractivity contribution in [2.24, 2.45) is 0 Å². The molecule has 0 radical (unpaired) electrons. The maximum Gasteiger partial charge on any atom is 0.416 e. The van der Waals surface area contributed by atoms with Crippen LogP contribution in [0.2, 0.25) is 0 Å². The highest BCUT2D eigenvalue weighted by Gasteiger charge is 2.32. The average Bonchev–Trinajstić information content (AvgIpc) is 3.02. The van der Waals surface area contributed by atoms with Gasteiger partial charge in [-0.1, -0.05) is 36.0 Å². The molecule has 1 fully saturated rings. The molecule has 0 bridgehead atoms. The van der Waals surface area contributed by atoms with Gasteiger partial charge in [-0.15, -0.1) is 0 Å². The van der Waals surface area contributed by atoms with E-state index in [-0.39, 0.29) is 29.8 Å². The van der Waals surface area contributed by atoms with Crippen molar-refractivity contribution in [3.8, 4) is 5.75 Å². The van der Waals surface area contributed by atoms with Crippen LogP contribution in [0.4, 0.5) is 18.0 Å². The number of nitrogens with one attached hydrogen (secondary N) is 1. The first-order valence-electron chi connectivity index (χ1n) is 8.76. The molecule has 2 unspecified atom stereocenters. The number of carbonyl (C=O) groups excluding carboxylic acids is 3. The molecule has 6 nitrogen and oxygen atoms in total. The molecule has 1 heterocycles. The van der Waals surface area contributed by atoms with E-state index in [1.54, 1.807) is 24.3 Å². The third-order valence-electron chi connectivity index (χ3n) is 4.32. The Morgan fingerprint density at radius 2 is 1.87 bits per heavy atom. The molecule has 1 aliphatic rings. The molecule has 2 aromatic rings. The molecule has 1 aliphatic heterocycles. The highest BCUT2D eigenvalue weighted by molar-refractivity contribution is 8.15. The molecule has 1 N–H and O–H groups in total. The Hall–Kier alpha value is -3.01. The fourth-order valence-corrected chi connectivity index (χ4v) is 3.69. The third-order valence-corrected chi connectivity index (χ3v) is 5.30. The molecule has 3 rings (SSSR count). The molecule has 158 valence electrons. The lowest BCUT2D eigenvalue weighted by Crippen LogP contribution is -2.25. The summed E-state index contributed by atoms with van der Waals surface area (Å²) in [6.45, 7) is -0.0300. The molecule has 1 saturated heterocycles. The van der Waals surface area contributed by atoms with E-state index in [1.807, 2.05) is 0 Å². The Bertz CT molecular complexity index is 933. The summed E-state index contributed by atoms with van der Waals surface area (Å²) in [5.74, 6) is 0.0742. The van der Waals surface area contributed by atoms with E-state index in [9.17, 15) is 27.6 Å². The Labute approximate surface area is 173 Å². The van der Waals surface area contributed by atoms with Crippen molar-refractivity contribution in [1.82, 2.24) is 5.32 Å². The molecule has 2 amide bonds. The summed E-state index contributed by atoms with van der Waals surface area (Å²) < 4.78 is 49.2. The van der Waals surface area contributed by atoms with Crippen LogP contribution in [0, 0.1) is 0 Å². The zero-order valence-corrected chi connectivity index (χ0v) is 16.2. The molecule has 2 atom stereocenters. The van der Waals surface area contributed by atoms with Gasteiger partial charge in [0.25, 0.3) is 11.7 Å². The molecular formula is C20H16F3NO5S. The van der Waals surface area contributed by atoms with Crippen LogP contribution in [0.1, 0.15) is 22.8 Å². The Morgan fingerprint density at radius 1 is 1.13 bits per heavy atom. The third kappa shape index (κ3) is 5.53. The van der Waals surface area contributed by atoms with Gasteiger partial charge >= 0.3 is 6.18 Å². The van der Waals surface area contributed by atoms with Crippen molar-refractivity contribution in [2.75, 3.05) is 6.61 Å². The van der Waals surface area contributed by atoms with Gasteiger partial charge in [-0.05, 0) is 41.8 Å². The predicted molar refractivity (Wildman–Crippen MR) is 102 cm³/mol. The SMILES string of the molecule is O=COC(COc1ccc(CC2SC(=O)NC2=O)cc1)c1cccc(C(F)(F)F)c1. The number of carbonyl (C=O) groups is 3. The highest BCUT2D eigenvalue weighted by atomic mass is 32.2. The van der Waals surface area contributed by atoms with Gasteiger partial charge < -0.3 is 9.47 Å². The van der Waals surface area contributed by atoms with Crippen molar-refractivity contribution in [3.05, 3.63) is 65.2 Å². The van der Waals surface area contributed by atoms with Crippen LogP contribution in [-0.4, -0.2) is 29.5 Å². The minimum Gasteiger partial charge on any atom is -0.489 e. The minimum absolute atomic E-state index is 0.155. The molecule has 30 heavy (non-hydrogen) atoms. The van der Waals surface area contributed by atoms with Gasteiger partial charge in [-0.3, -0.25) is 19.7 Å². The maximum absolute atomic E-state index is 12.9. The lowest BCUT2D eigenvalue weighted by atomic mass is 10.1. The molecule has 0 aliphatic carbocycles. The van der Waals surface area contributed by atoms with Crippen LogP contribution < -0.4 is 10.1 Å². The predicted octanol–water partition coefficient (Wildman–Crippen LogP) is 3.89. The number of benzene rings is 2. The van der Waals surface area contributed by atoms with Crippen molar-refractivity contribution in [3.63, 3.8) is 0 Å². The number of ether oxygens (including phenoxy) is 2. The van der Waals surface area contributed by atoms with E-state index in [4.69, 9.17) is 9.47 Å². The van der Waals surface area contributed by atoms with E-state index < -0.39 is 23.1 Å². The first-order chi connectivity index (χ1) is 14.3. The second-order valence-corrected chi connectivity index (χ2v) is 7.56. The normalized spacial score (nSPS) is 17.4. The van der Waals surface area contributed by atoms with Gasteiger partial charge in [0.15, 0.2) is 6.10 Å². The van der Waals surface area contributed by atoms with E-state index >= 15 is 0 Å². The van der Waals surface area contributed by atoms with Gasteiger partial charge in [0.1, 0.15) is 12.4 Å². The smallest absolute Gasteiger partial charge is 0.416 e. The van der Waals surface area contributed by atoms with Crippen molar-refractivity contribution in [1.29, 1.82) is 0 Å². The molecule has 0 spiro atoms. The fourth-order valence-electron chi connectivity index (χ4n) is 2.83. The number of halogens is 3. The lowest BCUT2D eigenvalue weighted by molar-refractivity contribution is -0.137. The highest BCUT2D eigenvalue weighted by Crippen LogP contribution is 2.31. The van der Waals surface area contributed by atoms with E-state index in [1.165, 1.54) is 12.1 Å². The number of rotatable bonds is 8. The average molecular weight is 439 g/mol. The van der Waals surface area contributed by atoms with Gasteiger partial charge in [0, 0.05) is 0 Å². The van der Waals surface area contributed by atoms with Gasteiger partial charge in [0.2, 0.25) is 5.91 Å². The summed E-state index contributed by atoms with van der Waals surface area (Å²) in [5.41, 5.74) is 0.113. The summed E-state index contributed by atoms with van der Waals surface area (Å²) in [4.78, 5) is 33.6. The van der Waals surface area contributed by atoms with Crippen molar-refractivity contribution >= 4 is 29.4 Å². The standard InChI is InChI=1S/C20H16F3NO5S/c21-20(22,23)14-3-1-2-13(9-14)16(29-11-25)10-28-15-6-4-12(5-7-15)8-17-18(26)24-19(27)30-17/h1-7,9,11,16-17H,8,10H2,(H,24,26,27). The van der Waals surface area contributed by atoms with Crippen molar-refractivity contribution in [2.45, 2.75) is 24.0 Å². The van der Waals surface area contributed by atoms with Crippen molar-refractivity contribution < 1.29 is 37.0 Å². The Balaban J connectivity index is 1.63. The summed E-state index contributed by atoms with van der Waals surface area (Å²) in [6, 6.07) is 11.2. The summed E-state index contributed by atoms with van der Waals surface area (Å²) in [7, 11) is 0. The summed E-state index contributed by atoms with van der Waals surface area (Å²) in [5, 5.41) is 1.36. The number of thioether (sulfide) groups is 1. The van der Waals surface area contributed by atoms with Crippen LogP contribution >= 0.6 is 11.8 Å². The van der Waals surface area contributed by atoms with Crippen LogP contribution in [0.15, 0.2) is 48.5 Å². The first-order valence-corrected chi connectivity index (χ1v) is 9.63. The number of amides is 2. The molecule has 2 aromatic carbocycles. The number of alkyl halides is 3. The minimum atomic E-state index is -4.52. The van der Waals surface area contributed by atoms with E-state index in [2.05, 4.69) is 5.32 Å². The fraction of sp³-hybridized carbons (Fsp3) is 0.250. The topological polar surface area (TPSA) is 81.7 Å².